The highest BCUT2D eigenvalue weighted by atomic mass is 16.5. The minimum absolute atomic E-state index is 0.140. The number of fused-ring (bicyclic) bond motifs is 1. The van der Waals surface area contributed by atoms with Crippen molar-refractivity contribution in [3.63, 3.8) is 0 Å². The lowest BCUT2D eigenvalue weighted by Gasteiger charge is -2.42. The van der Waals surface area contributed by atoms with Gasteiger partial charge in [-0.15, -0.1) is 0 Å². The van der Waals surface area contributed by atoms with Crippen molar-refractivity contribution in [2.75, 3.05) is 18.9 Å². The van der Waals surface area contributed by atoms with E-state index in [1.807, 2.05) is 45.2 Å². The molecule has 2 unspecified atom stereocenters. The zero-order valence-electron chi connectivity index (χ0n) is 14.5. The minimum Gasteiger partial charge on any atom is -0.485 e. The highest BCUT2D eigenvalue weighted by molar-refractivity contribution is 5.53. The topological polar surface area (TPSA) is 53.5 Å². The summed E-state index contributed by atoms with van der Waals surface area (Å²) in [6, 6.07) is 16.3. The smallest absolute Gasteiger partial charge is 0.131 e. The third-order valence-electron chi connectivity index (χ3n) is 4.66. The lowest BCUT2D eigenvalue weighted by molar-refractivity contribution is -0.0643. The van der Waals surface area contributed by atoms with E-state index in [9.17, 15) is 5.11 Å². The van der Waals surface area contributed by atoms with E-state index in [4.69, 9.17) is 4.74 Å². The van der Waals surface area contributed by atoms with Gasteiger partial charge in [-0.1, -0.05) is 36.4 Å². The summed E-state index contributed by atoms with van der Waals surface area (Å²) in [5, 5.41) is 17.4. The summed E-state index contributed by atoms with van der Waals surface area (Å²) in [4.78, 5) is 0. The molecule has 0 saturated heterocycles. The fourth-order valence-corrected chi connectivity index (χ4v) is 3.19. The van der Waals surface area contributed by atoms with Crippen LogP contribution in [0.15, 0.2) is 48.5 Å². The predicted octanol–water partition coefficient (Wildman–Crippen LogP) is 3.13. The maximum absolute atomic E-state index is 10.8. The number of aliphatic hydroxyl groups excluding tert-OH is 1. The van der Waals surface area contributed by atoms with Gasteiger partial charge in [0.25, 0.3) is 0 Å². The molecule has 24 heavy (non-hydrogen) atoms. The van der Waals surface area contributed by atoms with Crippen molar-refractivity contribution < 1.29 is 9.84 Å². The number of hydrogen-bond donors (Lipinski definition) is 3. The Morgan fingerprint density at radius 1 is 1.12 bits per heavy atom. The van der Waals surface area contributed by atoms with E-state index in [2.05, 4.69) is 34.9 Å². The molecule has 2 aromatic rings. The Morgan fingerprint density at radius 2 is 1.88 bits per heavy atom. The second-order valence-electron chi connectivity index (χ2n) is 6.82. The summed E-state index contributed by atoms with van der Waals surface area (Å²) in [7, 11) is 1.89. The average Bonchev–Trinajstić information content (AvgIpc) is 2.58. The summed E-state index contributed by atoms with van der Waals surface area (Å²) >= 11 is 0. The SMILES string of the molecule is CNc1ccc2c(c1)OC(C)(C)C(O)C2NCCc1ccccc1. The van der Waals surface area contributed by atoms with Gasteiger partial charge in [-0.05, 0) is 38.4 Å². The van der Waals surface area contributed by atoms with Crippen molar-refractivity contribution in [2.24, 2.45) is 0 Å². The molecule has 0 amide bonds. The van der Waals surface area contributed by atoms with Gasteiger partial charge >= 0.3 is 0 Å². The first-order chi connectivity index (χ1) is 11.5. The number of anilines is 1. The van der Waals surface area contributed by atoms with Gasteiger partial charge in [-0.25, -0.2) is 0 Å². The first kappa shape index (κ1) is 16.8. The van der Waals surface area contributed by atoms with Crippen molar-refractivity contribution in [1.82, 2.24) is 5.32 Å². The fraction of sp³-hybridized carbons (Fsp3) is 0.400. The third kappa shape index (κ3) is 3.40. The Bertz CT molecular complexity index is 685. The van der Waals surface area contributed by atoms with Crippen LogP contribution in [0.25, 0.3) is 0 Å². The zero-order chi connectivity index (χ0) is 17.2. The molecule has 3 N–H and O–H groups in total. The molecule has 0 aromatic heterocycles. The standard InChI is InChI=1S/C20H26N2O2/c1-20(2)19(23)18(22-12-11-14-7-5-4-6-8-14)16-10-9-15(21-3)13-17(16)24-20/h4-10,13,18-19,21-23H,11-12H2,1-3H3. The zero-order valence-corrected chi connectivity index (χ0v) is 14.5. The van der Waals surface area contributed by atoms with Crippen molar-refractivity contribution in [2.45, 2.75) is 38.0 Å². The van der Waals surface area contributed by atoms with Crippen LogP contribution < -0.4 is 15.4 Å². The lowest BCUT2D eigenvalue weighted by Crippen LogP contribution is -2.52. The summed E-state index contributed by atoms with van der Waals surface area (Å²) < 4.78 is 6.04. The molecule has 1 aliphatic heterocycles. The van der Waals surface area contributed by atoms with Gasteiger partial charge in [0.1, 0.15) is 17.5 Å². The molecule has 2 atom stereocenters. The van der Waals surface area contributed by atoms with Crippen LogP contribution >= 0.6 is 0 Å². The van der Waals surface area contributed by atoms with Crippen molar-refractivity contribution in [1.29, 1.82) is 0 Å². The molecule has 0 bridgehead atoms. The quantitative estimate of drug-likeness (QED) is 0.790. The molecule has 4 heteroatoms. The van der Waals surface area contributed by atoms with Crippen LogP contribution in [0.4, 0.5) is 5.69 Å². The van der Waals surface area contributed by atoms with Crippen molar-refractivity contribution >= 4 is 5.69 Å². The van der Waals surface area contributed by atoms with Crippen LogP contribution in [0.5, 0.6) is 5.75 Å². The molecule has 4 nitrogen and oxygen atoms in total. The van der Waals surface area contributed by atoms with E-state index in [0.29, 0.717) is 0 Å². The molecule has 0 spiro atoms. The van der Waals surface area contributed by atoms with E-state index < -0.39 is 11.7 Å². The van der Waals surface area contributed by atoms with Crippen LogP contribution in [0, 0.1) is 0 Å². The second kappa shape index (κ2) is 6.83. The van der Waals surface area contributed by atoms with E-state index >= 15 is 0 Å². The van der Waals surface area contributed by atoms with Gasteiger partial charge < -0.3 is 20.5 Å². The van der Waals surface area contributed by atoms with Gasteiger partial charge in [0.15, 0.2) is 0 Å². The molecule has 1 heterocycles. The lowest BCUT2D eigenvalue weighted by atomic mass is 9.86. The second-order valence-corrected chi connectivity index (χ2v) is 6.82. The molecular formula is C20H26N2O2. The largest absolute Gasteiger partial charge is 0.485 e. The average molecular weight is 326 g/mol. The van der Waals surface area contributed by atoms with Gasteiger partial charge in [-0.2, -0.15) is 0 Å². The summed E-state index contributed by atoms with van der Waals surface area (Å²) in [5.74, 6) is 0.828. The van der Waals surface area contributed by atoms with Crippen LogP contribution in [0.2, 0.25) is 0 Å². The third-order valence-corrected chi connectivity index (χ3v) is 4.66. The molecule has 3 rings (SSSR count). The molecule has 2 aromatic carbocycles. The Hall–Kier alpha value is -2.04. The van der Waals surface area contributed by atoms with E-state index in [-0.39, 0.29) is 6.04 Å². The first-order valence-corrected chi connectivity index (χ1v) is 8.47. The summed E-state index contributed by atoms with van der Waals surface area (Å²) in [6.45, 7) is 4.66. The molecule has 0 fully saturated rings. The number of hydrogen-bond acceptors (Lipinski definition) is 4. The maximum atomic E-state index is 10.8. The normalized spacial score (nSPS) is 21.7. The van der Waals surface area contributed by atoms with Gasteiger partial charge in [0.05, 0.1) is 6.04 Å². The number of aliphatic hydroxyl groups is 1. The predicted molar refractivity (Wildman–Crippen MR) is 97.6 cm³/mol. The Kier molecular flexibility index (Phi) is 4.78. The van der Waals surface area contributed by atoms with E-state index in [1.54, 1.807) is 0 Å². The molecule has 0 aliphatic carbocycles. The Morgan fingerprint density at radius 3 is 2.58 bits per heavy atom. The van der Waals surface area contributed by atoms with Gasteiger partial charge in [-0.3, -0.25) is 0 Å². The maximum Gasteiger partial charge on any atom is 0.131 e. The van der Waals surface area contributed by atoms with Gasteiger partial charge in [0, 0.05) is 24.4 Å². The minimum atomic E-state index is -0.635. The van der Waals surface area contributed by atoms with Gasteiger partial charge in [0.2, 0.25) is 0 Å². The Balaban J connectivity index is 1.78. The first-order valence-electron chi connectivity index (χ1n) is 8.47. The monoisotopic (exact) mass is 326 g/mol. The molecule has 0 saturated carbocycles. The highest BCUT2D eigenvalue weighted by Crippen LogP contribution is 2.40. The number of nitrogens with one attached hydrogen (secondary N) is 2. The van der Waals surface area contributed by atoms with Crippen molar-refractivity contribution in [3.05, 3.63) is 59.7 Å². The van der Waals surface area contributed by atoms with Crippen molar-refractivity contribution in [3.8, 4) is 5.75 Å². The summed E-state index contributed by atoms with van der Waals surface area (Å²) in [5.41, 5.74) is 2.67. The fourth-order valence-electron chi connectivity index (χ4n) is 3.19. The van der Waals surface area contributed by atoms with E-state index in [1.165, 1.54) is 5.56 Å². The highest BCUT2D eigenvalue weighted by Gasteiger charge is 2.42. The van der Waals surface area contributed by atoms with Crippen LogP contribution in [0.1, 0.15) is 31.0 Å². The molecule has 128 valence electrons. The van der Waals surface area contributed by atoms with Crippen LogP contribution in [-0.2, 0) is 6.42 Å². The van der Waals surface area contributed by atoms with Crippen LogP contribution in [-0.4, -0.2) is 30.4 Å². The number of rotatable bonds is 5. The number of benzene rings is 2. The number of ether oxygens (including phenoxy) is 1. The molecule has 1 aliphatic rings. The Labute approximate surface area is 143 Å². The van der Waals surface area contributed by atoms with Crippen LogP contribution in [0.3, 0.4) is 0 Å². The molecule has 0 radical (unpaired) electrons. The molecular weight excluding hydrogens is 300 g/mol. The van der Waals surface area contributed by atoms with E-state index in [0.717, 1.165) is 30.0 Å². The summed E-state index contributed by atoms with van der Waals surface area (Å²) in [6.07, 6.45) is 0.316.